The van der Waals surface area contributed by atoms with Crippen molar-refractivity contribution in [1.82, 2.24) is 0 Å². The normalized spacial score (nSPS) is 22.2. The number of nitrogens with zero attached hydrogens (tertiary/aromatic N) is 1. The van der Waals surface area contributed by atoms with Gasteiger partial charge in [-0.15, -0.1) is 0 Å². The van der Waals surface area contributed by atoms with Gasteiger partial charge in [-0.05, 0) is 30.2 Å². The number of nitrogens with two attached hydrogens (primary N) is 1. The summed E-state index contributed by atoms with van der Waals surface area (Å²) in [5.74, 6) is -0.0144. The number of carbonyl (C=O) groups excluding carboxylic acids is 1. The minimum Gasteiger partial charge on any atom is -0.318 e. The van der Waals surface area contributed by atoms with E-state index in [1.54, 1.807) is 4.90 Å². The molecular weight excluding hydrogens is 236 g/mol. The van der Waals surface area contributed by atoms with Crippen molar-refractivity contribution in [3.05, 3.63) is 65.7 Å². The zero-order valence-electron chi connectivity index (χ0n) is 10.8. The van der Waals surface area contributed by atoms with Gasteiger partial charge in [-0.25, -0.2) is 0 Å². The van der Waals surface area contributed by atoms with Crippen LogP contribution in [0.3, 0.4) is 0 Å². The van der Waals surface area contributed by atoms with E-state index in [9.17, 15) is 4.79 Å². The van der Waals surface area contributed by atoms with Gasteiger partial charge in [0.1, 0.15) is 6.04 Å². The Morgan fingerprint density at radius 3 is 2.47 bits per heavy atom. The SMILES string of the molecule is Cc1cccc(N2C(=O)[C@H](N)[C@H]2c2ccccc2)c1. The quantitative estimate of drug-likeness (QED) is 0.834. The van der Waals surface area contributed by atoms with E-state index in [0.29, 0.717) is 0 Å². The molecule has 0 saturated carbocycles. The van der Waals surface area contributed by atoms with Crippen molar-refractivity contribution in [2.45, 2.75) is 19.0 Å². The molecule has 1 fully saturated rings. The molecule has 0 spiro atoms. The van der Waals surface area contributed by atoms with Gasteiger partial charge in [0.2, 0.25) is 5.91 Å². The lowest BCUT2D eigenvalue weighted by Gasteiger charge is -2.45. The summed E-state index contributed by atoms with van der Waals surface area (Å²) in [4.78, 5) is 13.8. The summed E-state index contributed by atoms with van der Waals surface area (Å²) in [5.41, 5.74) is 9.11. The molecule has 3 heteroatoms. The van der Waals surface area contributed by atoms with E-state index in [-0.39, 0.29) is 11.9 Å². The lowest BCUT2D eigenvalue weighted by atomic mass is 9.88. The fourth-order valence-corrected chi connectivity index (χ4v) is 2.58. The fourth-order valence-electron chi connectivity index (χ4n) is 2.58. The molecule has 3 rings (SSSR count). The van der Waals surface area contributed by atoms with Gasteiger partial charge in [0.15, 0.2) is 0 Å². The van der Waals surface area contributed by atoms with E-state index in [0.717, 1.165) is 16.8 Å². The third kappa shape index (κ3) is 1.92. The first-order chi connectivity index (χ1) is 9.18. The molecule has 1 amide bonds. The van der Waals surface area contributed by atoms with Crippen LogP contribution in [0, 0.1) is 6.92 Å². The van der Waals surface area contributed by atoms with E-state index >= 15 is 0 Å². The number of anilines is 1. The highest BCUT2D eigenvalue weighted by atomic mass is 16.2. The van der Waals surface area contributed by atoms with Crippen molar-refractivity contribution >= 4 is 11.6 Å². The number of β-lactam (4-membered cyclic amide) rings is 1. The van der Waals surface area contributed by atoms with Crippen LogP contribution < -0.4 is 10.6 Å². The maximum atomic E-state index is 12.1. The van der Waals surface area contributed by atoms with E-state index < -0.39 is 6.04 Å². The molecule has 0 aliphatic carbocycles. The minimum atomic E-state index is -0.442. The summed E-state index contributed by atoms with van der Waals surface area (Å²) in [6, 6.07) is 17.4. The standard InChI is InChI=1S/C16H16N2O/c1-11-6-5-9-13(10-11)18-15(14(17)16(18)19)12-7-3-2-4-8-12/h2-10,14-15H,17H2,1H3/t14-,15-/m1/s1. The highest BCUT2D eigenvalue weighted by molar-refractivity contribution is 6.05. The number of carbonyl (C=O) groups is 1. The third-order valence-corrected chi connectivity index (χ3v) is 3.56. The van der Waals surface area contributed by atoms with Crippen molar-refractivity contribution in [3.8, 4) is 0 Å². The highest BCUT2D eigenvalue weighted by Crippen LogP contribution is 2.38. The van der Waals surface area contributed by atoms with Gasteiger partial charge in [-0.1, -0.05) is 42.5 Å². The number of amides is 1. The summed E-state index contributed by atoms with van der Waals surface area (Å²) in [5, 5.41) is 0. The third-order valence-electron chi connectivity index (χ3n) is 3.56. The first kappa shape index (κ1) is 11.9. The number of aryl methyl sites for hydroxylation is 1. The van der Waals surface area contributed by atoms with Gasteiger partial charge in [0, 0.05) is 5.69 Å². The summed E-state index contributed by atoms with van der Waals surface area (Å²) in [6.07, 6.45) is 0. The Labute approximate surface area is 112 Å². The van der Waals surface area contributed by atoms with Gasteiger partial charge in [0.05, 0.1) is 6.04 Å². The van der Waals surface area contributed by atoms with Crippen molar-refractivity contribution < 1.29 is 4.79 Å². The van der Waals surface area contributed by atoms with Crippen LogP contribution in [0.5, 0.6) is 0 Å². The molecule has 0 bridgehead atoms. The largest absolute Gasteiger partial charge is 0.318 e. The Kier molecular flexibility index (Phi) is 2.84. The molecule has 1 heterocycles. The zero-order chi connectivity index (χ0) is 13.4. The van der Waals surface area contributed by atoms with Crippen molar-refractivity contribution in [3.63, 3.8) is 0 Å². The molecule has 0 radical (unpaired) electrons. The Morgan fingerprint density at radius 1 is 1.05 bits per heavy atom. The van der Waals surface area contributed by atoms with Crippen LogP contribution in [0.2, 0.25) is 0 Å². The van der Waals surface area contributed by atoms with Crippen LogP contribution in [0.4, 0.5) is 5.69 Å². The summed E-state index contributed by atoms with van der Waals surface area (Å²) < 4.78 is 0. The molecule has 0 aromatic heterocycles. The fraction of sp³-hybridized carbons (Fsp3) is 0.188. The Morgan fingerprint density at radius 2 is 1.79 bits per heavy atom. The van der Waals surface area contributed by atoms with E-state index in [1.807, 2.05) is 61.5 Å². The number of hydrogen-bond donors (Lipinski definition) is 1. The molecule has 0 unspecified atom stereocenters. The Hall–Kier alpha value is -2.13. The molecule has 1 aliphatic heterocycles. The monoisotopic (exact) mass is 252 g/mol. The maximum Gasteiger partial charge on any atom is 0.247 e. The molecule has 2 N–H and O–H groups in total. The van der Waals surface area contributed by atoms with Crippen molar-refractivity contribution in [2.75, 3.05) is 4.90 Å². The van der Waals surface area contributed by atoms with Crippen LogP contribution in [0.15, 0.2) is 54.6 Å². The van der Waals surface area contributed by atoms with Crippen molar-refractivity contribution in [2.24, 2.45) is 5.73 Å². The molecule has 2 aromatic carbocycles. The second-order valence-electron chi connectivity index (χ2n) is 4.93. The Bertz CT molecular complexity index is 609. The average Bonchev–Trinajstić information content (AvgIpc) is 2.44. The molecule has 2 atom stereocenters. The molecule has 2 aromatic rings. The summed E-state index contributed by atoms with van der Waals surface area (Å²) in [7, 11) is 0. The molecule has 1 saturated heterocycles. The van der Waals surface area contributed by atoms with E-state index in [2.05, 4.69) is 0 Å². The number of rotatable bonds is 2. The van der Waals surface area contributed by atoms with Crippen LogP contribution in [0.25, 0.3) is 0 Å². The molecule has 1 aliphatic rings. The predicted molar refractivity (Wildman–Crippen MR) is 75.8 cm³/mol. The second kappa shape index (κ2) is 4.52. The summed E-state index contributed by atoms with van der Waals surface area (Å²) in [6.45, 7) is 2.02. The molecule has 96 valence electrons. The molecule has 3 nitrogen and oxygen atoms in total. The zero-order valence-corrected chi connectivity index (χ0v) is 10.8. The minimum absolute atomic E-state index is 0.0144. The summed E-state index contributed by atoms with van der Waals surface area (Å²) >= 11 is 0. The lowest BCUT2D eigenvalue weighted by molar-refractivity contribution is -0.126. The van der Waals surface area contributed by atoms with Gasteiger partial charge in [-0.3, -0.25) is 4.79 Å². The van der Waals surface area contributed by atoms with Crippen molar-refractivity contribution in [1.29, 1.82) is 0 Å². The highest BCUT2D eigenvalue weighted by Gasteiger charge is 2.46. The first-order valence-electron chi connectivity index (χ1n) is 6.39. The Balaban J connectivity index is 1.98. The first-order valence-corrected chi connectivity index (χ1v) is 6.39. The maximum absolute atomic E-state index is 12.1. The van der Waals surface area contributed by atoms with Gasteiger partial charge >= 0.3 is 0 Å². The van der Waals surface area contributed by atoms with Crippen LogP contribution in [-0.2, 0) is 4.79 Å². The topological polar surface area (TPSA) is 46.3 Å². The van der Waals surface area contributed by atoms with E-state index in [4.69, 9.17) is 5.73 Å². The second-order valence-corrected chi connectivity index (χ2v) is 4.93. The van der Waals surface area contributed by atoms with E-state index in [1.165, 1.54) is 0 Å². The number of benzene rings is 2. The predicted octanol–water partition coefficient (Wildman–Crippen LogP) is 2.41. The molecule has 19 heavy (non-hydrogen) atoms. The van der Waals surface area contributed by atoms with Crippen LogP contribution >= 0.6 is 0 Å². The van der Waals surface area contributed by atoms with Gasteiger partial charge < -0.3 is 10.6 Å². The lowest BCUT2D eigenvalue weighted by Crippen LogP contribution is -2.63. The number of hydrogen-bond acceptors (Lipinski definition) is 2. The van der Waals surface area contributed by atoms with Crippen LogP contribution in [-0.4, -0.2) is 11.9 Å². The van der Waals surface area contributed by atoms with Gasteiger partial charge in [-0.2, -0.15) is 0 Å². The molecular formula is C16H16N2O. The van der Waals surface area contributed by atoms with Crippen LogP contribution in [0.1, 0.15) is 17.2 Å². The van der Waals surface area contributed by atoms with Gasteiger partial charge in [0.25, 0.3) is 0 Å². The average molecular weight is 252 g/mol. The smallest absolute Gasteiger partial charge is 0.247 e.